The minimum absolute atomic E-state index is 0.190. The summed E-state index contributed by atoms with van der Waals surface area (Å²) in [4.78, 5) is 0. The zero-order chi connectivity index (χ0) is 12.3. The molecule has 1 atom stereocenters. The third-order valence-corrected chi connectivity index (χ3v) is 2.68. The van der Waals surface area contributed by atoms with Crippen LogP contribution in [-0.2, 0) is 6.54 Å². The van der Waals surface area contributed by atoms with Gasteiger partial charge >= 0.3 is 0 Å². The van der Waals surface area contributed by atoms with E-state index in [-0.39, 0.29) is 5.75 Å². The highest BCUT2D eigenvalue weighted by Gasteiger charge is 2.21. The lowest BCUT2D eigenvalue weighted by atomic mass is 10.2. The topological polar surface area (TPSA) is 45.0 Å². The molecular formula is C13H15FN2O. The van der Waals surface area contributed by atoms with Gasteiger partial charge in [0, 0.05) is 18.2 Å². The monoisotopic (exact) mass is 234 g/mol. The lowest BCUT2D eigenvalue weighted by Crippen LogP contribution is -2.18. The van der Waals surface area contributed by atoms with E-state index in [1.54, 1.807) is 13.0 Å². The predicted octanol–water partition coefficient (Wildman–Crippen LogP) is 2.37. The first-order valence-corrected chi connectivity index (χ1v) is 5.77. The number of rotatable bonds is 5. The first-order chi connectivity index (χ1) is 8.20. The number of halogens is 1. The Morgan fingerprint density at radius 1 is 1.59 bits per heavy atom. The molecule has 0 heterocycles. The molecule has 0 amide bonds. The molecular weight excluding hydrogens is 219 g/mol. The second-order valence-electron chi connectivity index (χ2n) is 4.27. The highest BCUT2D eigenvalue weighted by atomic mass is 19.1. The molecule has 1 saturated carbocycles. The SMILES string of the molecule is CC(C#N)Oc1c(F)cccc1CNC1CC1. The summed E-state index contributed by atoms with van der Waals surface area (Å²) in [6.45, 7) is 2.18. The predicted molar refractivity (Wildman–Crippen MR) is 62.0 cm³/mol. The van der Waals surface area contributed by atoms with Gasteiger partial charge in [0.1, 0.15) is 6.07 Å². The summed E-state index contributed by atoms with van der Waals surface area (Å²) >= 11 is 0. The van der Waals surface area contributed by atoms with Crippen LogP contribution in [0.15, 0.2) is 18.2 Å². The minimum Gasteiger partial charge on any atom is -0.472 e. The summed E-state index contributed by atoms with van der Waals surface area (Å²) in [6, 6.07) is 7.31. The van der Waals surface area contributed by atoms with E-state index >= 15 is 0 Å². The Hall–Kier alpha value is -1.60. The standard InChI is InChI=1S/C13H15FN2O/c1-9(7-15)17-13-10(3-2-4-12(13)14)8-16-11-5-6-11/h2-4,9,11,16H,5-6,8H2,1H3. The minimum atomic E-state index is -0.647. The summed E-state index contributed by atoms with van der Waals surface area (Å²) < 4.78 is 18.9. The lowest BCUT2D eigenvalue weighted by Gasteiger charge is -2.14. The molecule has 0 aromatic heterocycles. The van der Waals surface area contributed by atoms with Gasteiger partial charge in [0.05, 0.1) is 0 Å². The number of ether oxygens (including phenoxy) is 1. The van der Waals surface area contributed by atoms with E-state index in [1.807, 2.05) is 12.1 Å². The molecule has 2 rings (SSSR count). The molecule has 0 spiro atoms. The fourth-order valence-corrected chi connectivity index (χ4v) is 1.57. The Kier molecular flexibility index (Phi) is 3.60. The van der Waals surface area contributed by atoms with Gasteiger partial charge in [0.15, 0.2) is 17.7 Å². The van der Waals surface area contributed by atoms with Crippen LogP contribution < -0.4 is 10.1 Å². The summed E-state index contributed by atoms with van der Waals surface area (Å²) in [6.07, 6.45) is 1.71. The zero-order valence-corrected chi connectivity index (χ0v) is 9.74. The summed E-state index contributed by atoms with van der Waals surface area (Å²) in [5.41, 5.74) is 0.763. The van der Waals surface area contributed by atoms with Crippen molar-refractivity contribution in [2.24, 2.45) is 0 Å². The molecule has 3 nitrogen and oxygen atoms in total. The fourth-order valence-electron chi connectivity index (χ4n) is 1.57. The van der Waals surface area contributed by atoms with E-state index in [0.29, 0.717) is 12.6 Å². The highest BCUT2D eigenvalue weighted by molar-refractivity contribution is 5.35. The molecule has 0 saturated heterocycles. The number of nitrogens with zero attached hydrogens (tertiary/aromatic N) is 1. The van der Waals surface area contributed by atoms with Gasteiger partial charge in [-0.15, -0.1) is 0 Å². The molecule has 0 aliphatic heterocycles. The van der Waals surface area contributed by atoms with Crippen molar-refractivity contribution in [2.75, 3.05) is 0 Å². The van der Waals surface area contributed by atoms with Crippen LogP contribution in [0.1, 0.15) is 25.3 Å². The quantitative estimate of drug-likeness (QED) is 0.850. The van der Waals surface area contributed by atoms with E-state index in [1.165, 1.54) is 18.9 Å². The number of para-hydroxylation sites is 1. The van der Waals surface area contributed by atoms with Crippen LogP contribution in [0.4, 0.5) is 4.39 Å². The fraction of sp³-hybridized carbons (Fsp3) is 0.462. The van der Waals surface area contributed by atoms with Crippen molar-refractivity contribution in [3.8, 4) is 11.8 Å². The van der Waals surface area contributed by atoms with Crippen LogP contribution in [0, 0.1) is 17.1 Å². The third kappa shape index (κ3) is 3.18. The number of hydrogen-bond donors (Lipinski definition) is 1. The maximum atomic E-state index is 13.6. The molecule has 0 bridgehead atoms. The Morgan fingerprint density at radius 2 is 2.35 bits per heavy atom. The van der Waals surface area contributed by atoms with E-state index in [4.69, 9.17) is 10.00 Å². The average Bonchev–Trinajstić information content (AvgIpc) is 3.13. The Bertz CT molecular complexity index is 438. The van der Waals surface area contributed by atoms with Gasteiger partial charge < -0.3 is 10.1 Å². The maximum absolute atomic E-state index is 13.6. The number of benzene rings is 1. The molecule has 1 fully saturated rings. The first-order valence-electron chi connectivity index (χ1n) is 5.77. The largest absolute Gasteiger partial charge is 0.472 e. The van der Waals surface area contributed by atoms with Crippen LogP contribution in [0.2, 0.25) is 0 Å². The molecule has 1 aliphatic rings. The van der Waals surface area contributed by atoms with Crippen LogP contribution in [-0.4, -0.2) is 12.1 Å². The van der Waals surface area contributed by atoms with Gasteiger partial charge in [0.25, 0.3) is 0 Å². The normalized spacial score (nSPS) is 16.3. The van der Waals surface area contributed by atoms with Crippen molar-refractivity contribution in [3.05, 3.63) is 29.6 Å². The van der Waals surface area contributed by atoms with Gasteiger partial charge in [0.2, 0.25) is 0 Å². The number of nitriles is 1. The molecule has 90 valence electrons. The second kappa shape index (κ2) is 5.15. The molecule has 1 unspecified atom stereocenters. The van der Waals surface area contributed by atoms with Gasteiger partial charge in [-0.05, 0) is 25.8 Å². The van der Waals surface area contributed by atoms with E-state index in [0.717, 1.165) is 5.56 Å². The van der Waals surface area contributed by atoms with Gasteiger partial charge in [-0.2, -0.15) is 5.26 Å². The summed E-state index contributed by atoms with van der Waals surface area (Å²) in [5.74, 6) is -0.225. The van der Waals surface area contributed by atoms with Crippen LogP contribution in [0.5, 0.6) is 5.75 Å². The van der Waals surface area contributed by atoms with Crippen molar-refractivity contribution < 1.29 is 9.13 Å². The average molecular weight is 234 g/mol. The van der Waals surface area contributed by atoms with Crippen molar-refractivity contribution >= 4 is 0 Å². The summed E-state index contributed by atoms with van der Waals surface area (Å²) in [7, 11) is 0. The van der Waals surface area contributed by atoms with Gasteiger partial charge in [-0.3, -0.25) is 0 Å². The van der Waals surface area contributed by atoms with E-state index in [2.05, 4.69) is 5.32 Å². The third-order valence-electron chi connectivity index (χ3n) is 2.68. The van der Waals surface area contributed by atoms with Crippen molar-refractivity contribution in [2.45, 2.75) is 38.5 Å². The first kappa shape index (κ1) is 11.9. The maximum Gasteiger partial charge on any atom is 0.181 e. The second-order valence-corrected chi connectivity index (χ2v) is 4.27. The molecule has 1 aliphatic carbocycles. The van der Waals surface area contributed by atoms with Crippen LogP contribution in [0.3, 0.4) is 0 Å². The zero-order valence-electron chi connectivity index (χ0n) is 9.74. The lowest BCUT2D eigenvalue weighted by molar-refractivity contribution is 0.259. The van der Waals surface area contributed by atoms with E-state index < -0.39 is 11.9 Å². The Balaban J connectivity index is 2.11. The molecule has 0 radical (unpaired) electrons. The highest BCUT2D eigenvalue weighted by Crippen LogP contribution is 2.25. The van der Waals surface area contributed by atoms with Crippen molar-refractivity contribution in [3.63, 3.8) is 0 Å². The number of hydrogen-bond acceptors (Lipinski definition) is 3. The van der Waals surface area contributed by atoms with Crippen molar-refractivity contribution in [1.82, 2.24) is 5.32 Å². The molecule has 1 aromatic carbocycles. The molecule has 4 heteroatoms. The van der Waals surface area contributed by atoms with E-state index in [9.17, 15) is 4.39 Å². The number of nitrogens with one attached hydrogen (secondary N) is 1. The molecule has 1 N–H and O–H groups in total. The van der Waals surface area contributed by atoms with Crippen LogP contribution in [0.25, 0.3) is 0 Å². The Labute approximate surface area is 100 Å². The summed E-state index contributed by atoms with van der Waals surface area (Å²) in [5, 5.41) is 12.0. The Morgan fingerprint density at radius 3 is 3.00 bits per heavy atom. The van der Waals surface area contributed by atoms with Crippen molar-refractivity contribution in [1.29, 1.82) is 5.26 Å². The van der Waals surface area contributed by atoms with Crippen LogP contribution >= 0.6 is 0 Å². The van der Waals surface area contributed by atoms with Gasteiger partial charge in [-0.1, -0.05) is 12.1 Å². The van der Waals surface area contributed by atoms with Gasteiger partial charge in [-0.25, -0.2) is 4.39 Å². The molecule has 1 aromatic rings. The molecule has 17 heavy (non-hydrogen) atoms. The smallest absolute Gasteiger partial charge is 0.181 e.